The molecule has 0 spiro atoms. The van der Waals surface area contributed by atoms with Gasteiger partial charge >= 0.3 is 5.97 Å². The number of benzene rings is 3. The predicted octanol–water partition coefficient (Wildman–Crippen LogP) is 4.01. The average Bonchev–Trinajstić information content (AvgIpc) is 3.20. The van der Waals surface area contributed by atoms with Crippen LogP contribution in [0.15, 0.2) is 77.2 Å². The van der Waals surface area contributed by atoms with Gasteiger partial charge in [0, 0.05) is 5.56 Å². The van der Waals surface area contributed by atoms with Gasteiger partial charge in [0.1, 0.15) is 5.75 Å². The van der Waals surface area contributed by atoms with E-state index in [4.69, 9.17) is 13.9 Å². The van der Waals surface area contributed by atoms with Crippen molar-refractivity contribution in [1.82, 2.24) is 10.2 Å². The van der Waals surface area contributed by atoms with E-state index >= 15 is 0 Å². The molecule has 27 heavy (non-hydrogen) atoms. The average molecular weight is 360 g/mol. The molecule has 6 nitrogen and oxygen atoms in total. The molecule has 0 aliphatic heterocycles. The van der Waals surface area contributed by atoms with Crippen LogP contribution in [0.3, 0.4) is 0 Å². The van der Waals surface area contributed by atoms with Gasteiger partial charge in [-0.2, -0.15) is 0 Å². The quantitative estimate of drug-likeness (QED) is 0.484. The number of aromatic nitrogens is 2. The van der Waals surface area contributed by atoms with Crippen LogP contribution >= 0.6 is 0 Å². The summed E-state index contributed by atoms with van der Waals surface area (Å²) < 4.78 is 16.1. The van der Waals surface area contributed by atoms with Crippen LogP contribution in [0.1, 0.15) is 5.89 Å². The summed E-state index contributed by atoms with van der Waals surface area (Å²) in [5, 5.41) is 9.98. The van der Waals surface area contributed by atoms with Gasteiger partial charge in [0.25, 0.3) is 5.89 Å². The molecule has 4 rings (SSSR count). The predicted molar refractivity (Wildman–Crippen MR) is 99.0 cm³/mol. The number of ether oxygens (including phenoxy) is 2. The van der Waals surface area contributed by atoms with Crippen molar-refractivity contribution in [3.05, 3.63) is 78.7 Å². The molecule has 1 aromatic heterocycles. The lowest BCUT2D eigenvalue weighted by molar-refractivity contribution is -0.148. The van der Waals surface area contributed by atoms with E-state index in [-0.39, 0.29) is 19.1 Å². The fourth-order valence-corrected chi connectivity index (χ4v) is 2.59. The smallest absolute Gasteiger partial charge is 0.344 e. The first kappa shape index (κ1) is 16.8. The number of carbonyl (C=O) groups excluding carboxylic acids is 1. The van der Waals surface area contributed by atoms with Crippen LogP contribution in [0, 0.1) is 0 Å². The third-order valence-corrected chi connectivity index (χ3v) is 3.92. The van der Waals surface area contributed by atoms with Crippen molar-refractivity contribution in [2.24, 2.45) is 0 Å². The van der Waals surface area contributed by atoms with E-state index in [9.17, 15) is 4.79 Å². The van der Waals surface area contributed by atoms with Crippen LogP contribution in [0.5, 0.6) is 5.75 Å². The van der Waals surface area contributed by atoms with Crippen LogP contribution in [0.2, 0.25) is 0 Å². The van der Waals surface area contributed by atoms with Crippen molar-refractivity contribution in [3.8, 4) is 17.2 Å². The van der Waals surface area contributed by atoms with Crippen LogP contribution in [0.4, 0.5) is 0 Å². The Hall–Kier alpha value is -3.67. The van der Waals surface area contributed by atoms with Crippen LogP contribution in [0.25, 0.3) is 22.2 Å². The zero-order chi connectivity index (χ0) is 18.5. The van der Waals surface area contributed by atoms with Crippen LogP contribution in [-0.2, 0) is 16.1 Å². The lowest BCUT2D eigenvalue weighted by Gasteiger charge is -2.07. The molecule has 0 radical (unpaired) electrons. The van der Waals surface area contributed by atoms with E-state index in [0.717, 1.165) is 16.3 Å². The summed E-state index contributed by atoms with van der Waals surface area (Å²) in [6.45, 7) is -0.294. The fourth-order valence-electron chi connectivity index (χ4n) is 2.59. The molecule has 1 heterocycles. The first-order valence-corrected chi connectivity index (χ1v) is 8.43. The highest BCUT2D eigenvalue weighted by molar-refractivity contribution is 5.83. The van der Waals surface area contributed by atoms with E-state index in [2.05, 4.69) is 10.2 Å². The molecule has 6 heteroatoms. The number of carbonyl (C=O) groups is 1. The van der Waals surface area contributed by atoms with E-state index < -0.39 is 5.97 Å². The van der Waals surface area contributed by atoms with Crippen molar-refractivity contribution < 1.29 is 18.7 Å². The Morgan fingerprint density at radius 1 is 0.889 bits per heavy atom. The normalized spacial score (nSPS) is 10.7. The first-order valence-electron chi connectivity index (χ1n) is 8.43. The molecule has 0 aliphatic rings. The highest BCUT2D eigenvalue weighted by Crippen LogP contribution is 2.20. The maximum absolute atomic E-state index is 11.9. The summed E-state index contributed by atoms with van der Waals surface area (Å²) in [5.74, 6) is 0.708. The first-order chi connectivity index (χ1) is 13.3. The monoisotopic (exact) mass is 360 g/mol. The minimum Gasteiger partial charge on any atom is -0.482 e. The fraction of sp³-hybridized carbons (Fsp3) is 0.0952. The molecule has 3 aromatic carbocycles. The molecule has 0 aliphatic carbocycles. The Morgan fingerprint density at radius 2 is 1.67 bits per heavy atom. The Kier molecular flexibility index (Phi) is 4.78. The minimum atomic E-state index is -0.511. The number of hydrogen-bond donors (Lipinski definition) is 0. The van der Waals surface area contributed by atoms with Crippen LogP contribution in [-0.4, -0.2) is 22.8 Å². The number of nitrogens with zero attached hydrogens (tertiary/aromatic N) is 2. The van der Waals surface area contributed by atoms with E-state index in [1.807, 2.05) is 72.8 Å². The highest BCUT2D eigenvalue weighted by atomic mass is 16.6. The van der Waals surface area contributed by atoms with Crippen molar-refractivity contribution in [1.29, 1.82) is 0 Å². The van der Waals surface area contributed by atoms with Gasteiger partial charge in [-0.15, -0.1) is 10.2 Å². The second-order valence-corrected chi connectivity index (χ2v) is 5.83. The molecule has 0 N–H and O–H groups in total. The van der Waals surface area contributed by atoms with Gasteiger partial charge in [-0.25, -0.2) is 4.79 Å². The van der Waals surface area contributed by atoms with Crippen molar-refractivity contribution in [3.63, 3.8) is 0 Å². The molecule has 0 bridgehead atoms. The lowest BCUT2D eigenvalue weighted by atomic mass is 10.1. The number of esters is 1. The third-order valence-electron chi connectivity index (χ3n) is 3.92. The lowest BCUT2D eigenvalue weighted by Crippen LogP contribution is -2.14. The van der Waals surface area contributed by atoms with E-state index in [0.29, 0.717) is 11.6 Å². The standard InChI is InChI=1S/C21H16N2O4/c24-20(14-25-18-11-10-15-6-4-5-9-17(15)12-18)26-13-19-22-23-21(27-19)16-7-2-1-3-8-16/h1-12H,13-14H2. The molecule has 0 atom stereocenters. The zero-order valence-corrected chi connectivity index (χ0v) is 14.4. The Morgan fingerprint density at radius 3 is 2.52 bits per heavy atom. The van der Waals surface area contributed by atoms with E-state index in [1.165, 1.54) is 0 Å². The maximum atomic E-state index is 11.9. The van der Waals surface area contributed by atoms with Gasteiger partial charge < -0.3 is 13.9 Å². The summed E-state index contributed by atoms with van der Waals surface area (Å²) in [6, 6.07) is 23.0. The summed E-state index contributed by atoms with van der Waals surface area (Å²) in [7, 11) is 0. The number of rotatable bonds is 6. The zero-order valence-electron chi connectivity index (χ0n) is 14.4. The second-order valence-electron chi connectivity index (χ2n) is 5.83. The molecule has 134 valence electrons. The van der Waals surface area contributed by atoms with Gasteiger partial charge in [0.05, 0.1) is 0 Å². The molecular weight excluding hydrogens is 344 g/mol. The van der Waals surface area contributed by atoms with Gasteiger partial charge in [-0.1, -0.05) is 48.5 Å². The van der Waals surface area contributed by atoms with Crippen molar-refractivity contribution in [2.45, 2.75) is 6.61 Å². The molecule has 0 fully saturated rings. The van der Waals surface area contributed by atoms with Gasteiger partial charge in [-0.3, -0.25) is 0 Å². The second kappa shape index (κ2) is 7.70. The molecular formula is C21H16N2O4. The molecule has 0 unspecified atom stereocenters. The van der Waals surface area contributed by atoms with Crippen LogP contribution < -0.4 is 4.74 Å². The van der Waals surface area contributed by atoms with Crippen molar-refractivity contribution >= 4 is 16.7 Å². The Bertz CT molecular complexity index is 1060. The largest absolute Gasteiger partial charge is 0.482 e. The summed E-state index contributed by atoms with van der Waals surface area (Å²) in [6.07, 6.45) is 0. The van der Waals surface area contributed by atoms with Gasteiger partial charge in [-0.05, 0) is 35.0 Å². The van der Waals surface area contributed by atoms with E-state index in [1.54, 1.807) is 0 Å². The van der Waals surface area contributed by atoms with Gasteiger partial charge in [0.2, 0.25) is 5.89 Å². The summed E-state index contributed by atoms with van der Waals surface area (Å²) >= 11 is 0. The summed E-state index contributed by atoms with van der Waals surface area (Å²) in [5.41, 5.74) is 0.808. The number of hydrogen-bond acceptors (Lipinski definition) is 6. The number of fused-ring (bicyclic) bond motifs is 1. The molecule has 4 aromatic rings. The topological polar surface area (TPSA) is 74.5 Å². The third kappa shape index (κ3) is 4.12. The SMILES string of the molecule is O=C(COc1ccc2ccccc2c1)OCc1nnc(-c2ccccc2)o1. The molecule has 0 saturated heterocycles. The van der Waals surface area contributed by atoms with Gasteiger partial charge in [0.15, 0.2) is 13.2 Å². The Labute approximate surface area is 155 Å². The molecule has 0 saturated carbocycles. The highest BCUT2D eigenvalue weighted by Gasteiger charge is 2.11. The Balaban J connectivity index is 1.30. The minimum absolute atomic E-state index is 0.0975. The molecule has 0 amide bonds. The maximum Gasteiger partial charge on any atom is 0.344 e. The summed E-state index contributed by atoms with van der Waals surface area (Å²) in [4.78, 5) is 11.9. The van der Waals surface area contributed by atoms with Crippen molar-refractivity contribution in [2.75, 3.05) is 6.61 Å².